The molecule has 3 heteroatoms. The molecule has 158 valence electrons. The van der Waals surface area contributed by atoms with Crippen LogP contribution in [-0.4, -0.2) is 0 Å². The summed E-state index contributed by atoms with van der Waals surface area (Å²) < 4.78 is 0. The van der Waals surface area contributed by atoms with Crippen molar-refractivity contribution in [3.05, 3.63) is 56.6 Å². The van der Waals surface area contributed by atoms with Crippen LogP contribution >= 0.6 is 0 Å². The van der Waals surface area contributed by atoms with Gasteiger partial charge >= 0.3 is 26.2 Å². The van der Waals surface area contributed by atoms with Gasteiger partial charge in [-0.1, -0.05) is 104 Å². The Morgan fingerprint density at radius 2 is 1.03 bits per heavy atom. The minimum Gasteiger partial charge on any atom is -1.00 e. The maximum atomic E-state index is 2.50. The summed E-state index contributed by atoms with van der Waals surface area (Å²) in [5.41, 5.74) is 13.9. The zero-order valence-corrected chi connectivity index (χ0v) is 23.0. The SMILES string of the molecule is Cc1[cH-]c2c(c1CCc1c(C)[cH-]c3c1C(C)(C)CCC3)C(C)(C)CCC2.[Cl-].[Cl-].[Zr+4]. The predicted molar refractivity (Wildman–Crippen MR) is 113 cm³/mol. The van der Waals surface area contributed by atoms with Gasteiger partial charge in [-0.15, -0.1) is 0 Å². The van der Waals surface area contributed by atoms with E-state index in [1.54, 1.807) is 44.5 Å². The molecule has 0 fully saturated rings. The standard InChI is InChI=1S/C26H36.2ClH.Zr/c1-17-15-19-9-7-13-25(3,4)23(19)21(17)11-12-22-18(2)16-20-10-8-14-26(5,6)24(20)22;;;/h15-16H,7-14H2,1-6H3;2*1H;/q-2;;;+4/p-2. The van der Waals surface area contributed by atoms with Gasteiger partial charge in [0.25, 0.3) is 0 Å². The molecule has 29 heavy (non-hydrogen) atoms. The van der Waals surface area contributed by atoms with Gasteiger partial charge in [0.2, 0.25) is 0 Å². The molecule has 0 heterocycles. The van der Waals surface area contributed by atoms with Crippen molar-refractivity contribution < 1.29 is 51.0 Å². The van der Waals surface area contributed by atoms with Gasteiger partial charge in [0.05, 0.1) is 0 Å². The number of hydrogen-bond acceptors (Lipinski definition) is 0. The zero-order chi connectivity index (χ0) is 18.7. The zero-order valence-electron chi connectivity index (χ0n) is 19.1. The van der Waals surface area contributed by atoms with Crippen LogP contribution in [0.15, 0.2) is 12.1 Å². The molecule has 0 aliphatic heterocycles. The monoisotopic (exact) mass is 508 g/mol. The van der Waals surface area contributed by atoms with Gasteiger partial charge in [0.15, 0.2) is 0 Å². The molecule has 0 saturated heterocycles. The molecular formula is C26H36Cl2Zr. The molecule has 2 aliphatic carbocycles. The van der Waals surface area contributed by atoms with Crippen molar-refractivity contribution in [3.8, 4) is 0 Å². The van der Waals surface area contributed by atoms with Crippen LogP contribution in [0.5, 0.6) is 0 Å². The van der Waals surface area contributed by atoms with Gasteiger partial charge in [-0.2, -0.15) is 56.6 Å². The van der Waals surface area contributed by atoms with Gasteiger partial charge in [0.1, 0.15) is 0 Å². The molecule has 2 aromatic rings. The fourth-order valence-corrected chi connectivity index (χ4v) is 6.29. The van der Waals surface area contributed by atoms with E-state index in [-0.39, 0.29) is 51.0 Å². The fraction of sp³-hybridized carbons (Fsp3) is 0.615. The summed E-state index contributed by atoms with van der Waals surface area (Å²) in [6.45, 7) is 14.6. The third-order valence-corrected chi connectivity index (χ3v) is 7.45. The molecular weight excluding hydrogens is 474 g/mol. The summed E-state index contributed by atoms with van der Waals surface area (Å²) in [6, 6.07) is 5.01. The fourth-order valence-electron chi connectivity index (χ4n) is 6.29. The molecule has 0 N–H and O–H groups in total. The van der Waals surface area contributed by atoms with Crippen molar-refractivity contribution in [2.45, 2.75) is 104 Å². The van der Waals surface area contributed by atoms with Crippen molar-refractivity contribution in [3.63, 3.8) is 0 Å². The van der Waals surface area contributed by atoms with Gasteiger partial charge in [0, 0.05) is 0 Å². The van der Waals surface area contributed by atoms with Crippen molar-refractivity contribution >= 4 is 0 Å². The number of halogens is 2. The summed E-state index contributed by atoms with van der Waals surface area (Å²) >= 11 is 0. The first-order valence-electron chi connectivity index (χ1n) is 10.8. The summed E-state index contributed by atoms with van der Waals surface area (Å²) in [6.07, 6.45) is 10.4. The van der Waals surface area contributed by atoms with Crippen LogP contribution < -0.4 is 24.8 Å². The molecule has 0 nitrogen and oxygen atoms in total. The second kappa shape index (κ2) is 9.75. The number of aryl methyl sites for hydroxylation is 4. The third-order valence-electron chi connectivity index (χ3n) is 7.45. The van der Waals surface area contributed by atoms with Crippen molar-refractivity contribution in [2.24, 2.45) is 0 Å². The Labute approximate surface area is 210 Å². The maximum Gasteiger partial charge on any atom is 4.00 e. The molecule has 2 aromatic carbocycles. The van der Waals surface area contributed by atoms with Crippen LogP contribution in [0, 0.1) is 13.8 Å². The summed E-state index contributed by atoms with van der Waals surface area (Å²) in [4.78, 5) is 0. The van der Waals surface area contributed by atoms with E-state index in [1.165, 1.54) is 51.4 Å². The molecule has 0 aromatic heterocycles. The minimum atomic E-state index is 0. The molecule has 0 spiro atoms. The van der Waals surface area contributed by atoms with E-state index in [0.29, 0.717) is 10.8 Å². The van der Waals surface area contributed by atoms with Gasteiger partial charge in [-0.25, -0.2) is 0 Å². The molecule has 0 atom stereocenters. The first-order valence-corrected chi connectivity index (χ1v) is 10.8. The van der Waals surface area contributed by atoms with E-state index in [9.17, 15) is 0 Å². The molecule has 2 aliphatic rings. The number of rotatable bonds is 3. The minimum absolute atomic E-state index is 0. The third kappa shape index (κ3) is 4.83. The van der Waals surface area contributed by atoms with E-state index >= 15 is 0 Å². The molecule has 4 rings (SSSR count). The first-order chi connectivity index (χ1) is 12.2. The molecule has 0 saturated carbocycles. The van der Waals surface area contributed by atoms with Gasteiger partial charge in [-0.05, 0) is 0 Å². The second-order valence-corrected chi connectivity index (χ2v) is 10.4. The van der Waals surface area contributed by atoms with Crippen LogP contribution in [0.1, 0.15) is 97.9 Å². The Balaban J connectivity index is 0.00000140. The Hall–Kier alpha value is 0.163. The molecule has 0 unspecified atom stereocenters. The predicted octanol–water partition coefficient (Wildman–Crippen LogP) is 0.760. The summed E-state index contributed by atoms with van der Waals surface area (Å²) in [7, 11) is 0. The Kier molecular flexibility index (Phi) is 9.14. The van der Waals surface area contributed by atoms with Gasteiger partial charge in [-0.3, -0.25) is 0 Å². The van der Waals surface area contributed by atoms with E-state index in [2.05, 4.69) is 53.7 Å². The topological polar surface area (TPSA) is 0 Å². The molecule has 0 bridgehead atoms. The average molecular weight is 511 g/mol. The van der Waals surface area contributed by atoms with Crippen LogP contribution in [0.2, 0.25) is 0 Å². The average Bonchev–Trinajstić information content (AvgIpc) is 3.02. The Morgan fingerprint density at radius 1 is 0.690 bits per heavy atom. The Bertz CT molecular complexity index is 765. The van der Waals surface area contributed by atoms with E-state index in [1.807, 2.05) is 0 Å². The molecule has 0 amide bonds. The smallest absolute Gasteiger partial charge is 1.00 e. The first kappa shape index (κ1) is 27.2. The molecule has 0 radical (unpaired) electrons. The van der Waals surface area contributed by atoms with E-state index in [4.69, 9.17) is 0 Å². The van der Waals surface area contributed by atoms with Crippen LogP contribution in [-0.2, 0) is 62.7 Å². The largest absolute Gasteiger partial charge is 4.00 e. The maximum absolute atomic E-state index is 2.50. The van der Waals surface area contributed by atoms with Crippen LogP contribution in [0.25, 0.3) is 0 Å². The van der Waals surface area contributed by atoms with Crippen LogP contribution in [0.3, 0.4) is 0 Å². The number of hydrogen-bond donors (Lipinski definition) is 0. The normalized spacial score (nSPS) is 18.6. The van der Waals surface area contributed by atoms with Crippen LogP contribution in [0.4, 0.5) is 0 Å². The number of fused-ring (bicyclic) bond motifs is 2. The summed E-state index contributed by atoms with van der Waals surface area (Å²) in [5.74, 6) is 0. The van der Waals surface area contributed by atoms with Crippen molar-refractivity contribution in [1.29, 1.82) is 0 Å². The quantitative estimate of drug-likeness (QED) is 0.535. The second-order valence-electron chi connectivity index (χ2n) is 10.4. The van der Waals surface area contributed by atoms with Crippen molar-refractivity contribution in [1.82, 2.24) is 0 Å². The van der Waals surface area contributed by atoms with E-state index in [0.717, 1.165) is 0 Å². The summed E-state index contributed by atoms with van der Waals surface area (Å²) in [5, 5.41) is 0. The Morgan fingerprint density at radius 3 is 1.38 bits per heavy atom. The van der Waals surface area contributed by atoms with Crippen molar-refractivity contribution in [2.75, 3.05) is 0 Å². The van der Waals surface area contributed by atoms with E-state index < -0.39 is 0 Å². The van der Waals surface area contributed by atoms with Gasteiger partial charge < -0.3 is 24.8 Å².